The van der Waals surface area contributed by atoms with E-state index >= 15 is 0 Å². The Morgan fingerprint density at radius 2 is 1.68 bits per heavy atom. The van der Waals surface area contributed by atoms with Crippen molar-refractivity contribution >= 4 is 23.1 Å². The summed E-state index contributed by atoms with van der Waals surface area (Å²) >= 11 is 1.44. The molecule has 0 saturated heterocycles. The van der Waals surface area contributed by atoms with Gasteiger partial charge in [-0.2, -0.15) is 5.10 Å². The predicted molar refractivity (Wildman–Crippen MR) is 127 cm³/mol. The Bertz CT molecular complexity index is 1020. The van der Waals surface area contributed by atoms with Crippen LogP contribution in [-0.2, 0) is 12.4 Å². The molecule has 3 rings (SSSR count). The highest BCUT2D eigenvalue weighted by Gasteiger charge is 2.06. The second kappa shape index (κ2) is 11.7. The number of thioether (sulfide) groups is 1. The molecule has 0 amide bonds. The summed E-state index contributed by atoms with van der Waals surface area (Å²) in [6, 6.07) is 23.4. The van der Waals surface area contributed by atoms with Gasteiger partial charge in [0.25, 0.3) is 0 Å². The van der Waals surface area contributed by atoms with Gasteiger partial charge in [0, 0.05) is 5.75 Å². The third kappa shape index (κ3) is 7.08. The van der Waals surface area contributed by atoms with Crippen LogP contribution in [0.15, 0.2) is 83.0 Å². The average molecular weight is 436 g/mol. The number of benzene rings is 3. The van der Waals surface area contributed by atoms with Gasteiger partial charge in [0.05, 0.1) is 20.4 Å². The minimum Gasteiger partial charge on any atom is -0.497 e. The summed E-state index contributed by atoms with van der Waals surface area (Å²) in [4.78, 5) is 0. The number of amidine groups is 1. The van der Waals surface area contributed by atoms with Crippen LogP contribution >= 0.6 is 11.8 Å². The smallest absolute Gasteiger partial charge is 0.180 e. The lowest BCUT2D eigenvalue weighted by Crippen LogP contribution is -2.06. The van der Waals surface area contributed by atoms with Crippen LogP contribution in [-0.4, -0.2) is 25.6 Å². The lowest BCUT2D eigenvalue weighted by Gasteiger charge is -2.11. The molecule has 2 N–H and O–H groups in total. The molecule has 0 aliphatic heterocycles. The Labute approximate surface area is 186 Å². The number of hydrogen-bond acceptors (Lipinski definition) is 6. The first-order chi connectivity index (χ1) is 15.2. The summed E-state index contributed by atoms with van der Waals surface area (Å²) in [5, 5.41) is 8.53. The van der Waals surface area contributed by atoms with Crippen LogP contribution in [0, 0.1) is 0 Å². The van der Waals surface area contributed by atoms with Gasteiger partial charge >= 0.3 is 0 Å². The van der Waals surface area contributed by atoms with E-state index < -0.39 is 0 Å². The van der Waals surface area contributed by atoms with Gasteiger partial charge < -0.3 is 19.9 Å². The number of rotatable bonds is 9. The molecule has 0 atom stereocenters. The van der Waals surface area contributed by atoms with Crippen LogP contribution in [0.3, 0.4) is 0 Å². The lowest BCUT2D eigenvalue weighted by molar-refractivity contribution is 0.284. The lowest BCUT2D eigenvalue weighted by atomic mass is 10.2. The Hall–Kier alpha value is -3.45. The molecule has 0 bridgehead atoms. The molecule has 31 heavy (non-hydrogen) atoms. The second-order valence-electron chi connectivity index (χ2n) is 6.50. The van der Waals surface area contributed by atoms with E-state index in [2.05, 4.69) is 10.2 Å². The van der Waals surface area contributed by atoms with Crippen molar-refractivity contribution in [2.45, 2.75) is 12.4 Å². The molecule has 3 aromatic rings. The molecular formula is C24H25N3O3S. The van der Waals surface area contributed by atoms with Crippen molar-refractivity contribution in [2.75, 3.05) is 14.2 Å². The van der Waals surface area contributed by atoms with Crippen molar-refractivity contribution in [3.05, 3.63) is 89.5 Å². The Balaban J connectivity index is 1.56. The van der Waals surface area contributed by atoms with E-state index in [-0.39, 0.29) is 0 Å². The van der Waals surface area contributed by atoms with Gasteiger partial charge in [-0.3, -0.25) is 0 Å². The van der Waals surface area contributed by atoms with E-state index in [1.807, 2.05) is 72.8 Å². The van der Waals surface area contributed by atoms with Crippen molar-refractivity contribution < 1.29 is 14.2 Å². The Kier molecular flexibility index (Phi) is 8.37. The first-order valence-corrected chi connectivity index (χ1v) is 10.6. The van der Waals surface area contributed by atoms with Crippen molar-refractivity contribution in [3.63, 3.8) is 0 Å². The van der Waals surface area contributed by atoms with Crippen LogP contribution in [0.2, 0.25) is 0 Å². The normalized spacial score (nSPS) is 11.5. The summed E-state index contributed by atoms with van der Waals surface area (Å²) in [5.74, 6) is 2.83. The van der Waals surface area contributed by atoms with Gasteiger partial charge in [-0.15, -0.1) is 5.10 Å². The second-order valence-corrected chi connectivity index (χ2v) is 7.50. The molecule has 3 aromatic carbocycles. The molecule has 0 aliphatic carbocycles. The number of ether oxygens (including phenoxy) is 3. The van der Waals surface area contributed by atoms with Gasteiger partial charge in [0.2, 0.25) is 0 Å². The molecule has 0 unspecified atom stereocenters. The quantitative estimate of drug-likeness (QED) is 0.295. The van der Waals surface area contributed by atoms with Gasteiger partial charge in [-0.25, -0.2) is 0 Å². The molecule has 0 aromatic heterocycles. The number of nitrogens with zero attached hydrogens (tertiary/aromatic N) is 2. The van der Waals surface area contributed by atoms with Crippen molar-refractivity contribution in [3.8, 4) is 17.2 Å². The number of nitrogens with two attached hydrogens (primary N) is 1. The monoisotopic (exact) mass is 435 g/mol. The molecule has 7 heteroatoms. The highest BCUT2D eigenvalue weighted by atomic mass is 32.2. The van der Waals surface area contributed by atoms with Gasteiger partial charge in [-0.05, 0) is 47.0 Å². The zero-order valence-electron chi connectivity index (χ0n) is 17.5. The maximum absolute atomic E-state index is 5.93. The van der Waals surface area contributed by atoms with Crippen LogP contribution in [0.5, 0.6) is 17.2 Å². The number of methoxy groups -OCH3 is 2. The average Bonchev–Trinajstić information content (AvgIpc) is 2.82. The molecule has 0 fully saturated rings. The van der Waals surface area contributed by atoms with Gasteiger partial charge in [0.15, 0.2) is 16.7 Å². The van der Waals surface area contributed by atoms with E-state index in [1.165, 1.54) is 17.3 Å². The maximum Gasteiger partial charge on any atom is 0.180 e. The minimum atomic E-state index is 0.409. The van der Waals surface area contributed by atoms with Crippen molar-refractivity contribution in [1.29, 1.82) is 0 Å². The zero-order chi connectivity index (χ0) is 21.9. The van der Waals surface area contributed by atoms with Crippen LogP contribution in [0.25, 0.3) is 0 Å². The summed E-state index contributed by atoms with van der Waals surface area (Å²) in [6.07, 6.45) is 1.63. The summed E-state index contributed by atoms with van der Waals surface area (Å²) in [5.41, 5.74) is 8.98. The zero-order valence-corrected chi connectivity index (χ0v) is 18.3. The highest BCUT2D eigenvalue weighted by Crippen LogP contribution is 2.28. The maximum atomic E-state index is 5.93. The van der Waals surface area contributed by atoms with Crippen LogP contribution in [0.1, 0.15) is 16.7 Å². The SMILES string of the molecule is COc1ccc(COc2ccc(C=NN=C(N)SCc3ccccc3)cc2OC)cc1. The van der Waals surface area contributed by atoms with Gasteiger partial charge in [0.1, 0.15) is 12.4 Å². The molecule has 0 aliphatic rings. The molecule has 0 spiro atoms. The Morgan fingerprint density at radius 1 is 0.903 bits per heavy atom. The molecule has 160 valence electrons. The summed E-state index contributed by atoms with van der Waals surface area (Å²) in [7, 11) is 3.25. The summed E-state index contributed by atoms with van der Waals surface area (Å²) < 4.78 is 16.5. The fourth-order valence-corrected chi connectivity index (χ4v) is 3.29. The fraction of sp³-hybridized carbons (Fsp3) is 0.167. The third-order valence-corrected chi connectivity index (χ3v) is 5.19. The van der Waals surface area contributed by atoms with E-state index in [0.717, 1.165) is 22.6 Å². The van der Waals surface area contributed by atoms with Crippen molar-refractivity contribution in [1.82, 2.24) is 0 Å². The Morgan fingerprint density at radius 3 is 2.39 bits per heavy atom. The van der Waals surface area contributed by atoms with E-state index in [1.54, 1.807) is 20.4 Å². The van der Waals surface area contributed by atoms with E-state index in [9.17, 15) is 0 Å². The van der Waals surface area contributed by atoms with Gasteiger partial charge in [-0.1, -0.05) is 54.2 Å². The summed E-state index contributed by atoms with van der Waals surface area (Å²) in [6.45, 7) is 0.424. The first kappa shape index (κ1) is 22.2. The minimum absolute atomic E-state index is 0.409. The predicted octanol–water partition coefficient (Wildman–Crippen LogP) is 4.86. The highest BCUT2D eigenvalue weighted by molar-refractivity contribution is 8.13. The van der Waals surface area contributed by atoms with Crippen LogP contribution < -0.4 is 19.9 Å². The molecular weight excluding hydrogens is 410 g/mol. The fourth-order valence-electron chi connectivity index (χ4n) is 2.68. The van der Waals surface area contributed by atoms with Crippen molar-refractivity contribution in [2.24, 2.45) is 15.9 Å². The molecule has 0 radical (unpaired) electrons. The standard InChI is InChI=1S/C24H25N3O3S/c1-28-21-11-8-18(9-12-21)16-30-22-13-10-20(14-23(22)29-2)15-26-27-24(25)31-17-19-6-4-3-5-7-19/h3-15H,16-17H2,1-2H3,(H2,25,27). The largest absolute Gasteiger partial charge is 0.497 e. The van der Waals surface area contributed by atoms with E-state index in [4.69, 9.17) is 19.9 Å². The third-order valence-electron chi connectivity index (χ3n) is 4.33. The van der Waals surface area contributed by atoms with E-state index in [0.29, 0.717) is 23.3 Å². The molecule has 0 saturated carbocycles. The first-order valence-electron chi connectivity index (χ1n) is 9.65. The van der Waals surface area contributed by atoms with Crippen LogP contribution in [0.4, 0.5) is 0 Å². The molecule has 0 heterocycles. The molecule has 6 nitrogen and oxygen atoms in total. The number of hydrogen-bond donors (Lipinski definition) is 1. The topological polar surface area (TPSA) is 78.4 Å².